The summed E-state index contributed by atoms with van der Waals surface area (Å²) < 4.78 is 2.53. The normalized spacial score (nSPS) is 9.65. The van der Waals surface area contributed by atoms with Gasteiger partial charge in [-0.15, -0.1) is 0 Å². The molecule has 2 rings (SSSR count). The quantitative estimate of drug-likeness (QED) is 0.439. The Morgan fingerprint density at radius 1 is 1.00 bits per heavy atom. The van der Waals surface area contributed by atoms with Crippen LogP contribution >= 0.6 is 0 Å². The molecule has 0 spiro atoms. The van der Waals surface area contributed by atoms with Gasteiger partial charge in [-0.1, -0.05) is 0 Å². The number of benzene rings is 2. The van der Waals surface area contributed by atoms with Crippen LogP contribution < -0.4 is 3.07 Å². The average molecular weight is 414 g/mol. The van der Waals surface area contributed by atoms with Crippen LogP contribution in [0, 0.1) is 10.1 Å². The predicted molar refractivity (Wildman–Crippen MR) is 62.9 cm³/mol. The summed E-state index contributed by atoms with van der Waals surface area (Å²) in [6.45, 7) is 0. The van der Waals surface area contributed by atoms with Gasteiger partial charge in [0.1, 0.15) is 0 Å². The monoisotopic (exact) mass is 415 g/mol. The standard InChI is InChI=1S/C7H7.C6H4NO2.Hg/c1-7-5-3-2-4-6-7;8-7(9)6-4-2-1-3-5-6;/h2-6H,1H2;2-5H;. The number of nitrogens with zero attached hydrogens (tertiary/aromatic N) is 1. The van der Waals surface area contributed by atoms with Crippen molar-refractivity contribution in [2.75, 3.05) is 0 Å². The van der Waals surface area contributed by atoms with Crippen molar-refractivity contribution in [1.29, 1.82) is 0 Å². The van der Waals surface area contributed by atoms with Crippen molar-refractivity contribution < 1.29 is 29.5 Å². The number of rotatable bonds is 4. The van der Waals surface area contributed by atoms with Crippen molar-refractivity contribution in [3.63, 3.8) is 0 Å². The Kier molecular flexibility index (Phi) is 4.26. The van der Waals surface area contributed by atoms with Gasteiger partial charge in [0.25, 0.3) is 0 Å². The molecule has 2 aromatic carbocycles. The molecule has 2 aromatic rings. The van der Waals surface area contributed by atoms with Gasteiger partial charge in [0, 0.05) is 0 Å². The first-order chi connectivity index (χ1) is 8.25. The molecule has 0 heterocycles. The first kappa shape index (κ1) is 12.2. The Balaban J connectivity index is 1.98. The zero-order valence-electron chi connectivity index (χ0n) is 9.37. The molecule has 0 saturated carbocycles. The van der Waals surface area contributed by atoms with Crippen molar-refractivity contribution in [1.82, 2.24) is 0 Å². The van der Waals surface area contributed by atoms with Crippen LogP contribution in [0.1, 0.15) is 5.56 Å². The molecular formula is C13H11HgNO2. The van der Waals surface area contributed by atoms with Crippen molar-refractivity contribution in [3.05, 3.63) is 70.3 Å². The van der Waals surface area contributed by atoms with Gasteiger partial charge in [0.15, 0.2) is 0 Å². The Hall–Kier alpha value is -1.22. The van der Waals surface area contributed by atoms with Crippen LogP contribution in [-0.2, 0) is 28.5 Å². The SMILES string of the molecule is O=[N+]([O-])c1cc[c]([Hg][CH2]c2ccccc2)cc1. The molecule has 82 valence electrons. The number of hydrogen-bond acceptors (Lipinski definition) is 2. The zero-order chi connectivity index (χ0) is 12.1. The number of nitro benzene ring substituents is 1. The van der Waals surface area contributed by atoms with E-state index in [2.05, 4.69) is 24.3 Å². The zero-order valence-corrected chi connectivity index (χ0v) is 14.9. The van der Waals surface area contributed by atoms with Crippen molar-refractivity contribution in [2.24, 2.45) is 0 Å². The van der Waals surface area contributed by atoms with Crippen LogP contribution in [0.3, 0.4) is 0 Å². The van der Waals surface area contributed by atoms with E-state index in [1.54, 1.807) is 12.1 Å². The molecule has 0 aromatic heterocycles. The van der Waals surface area contributed by atoms with Crippen LogP contribution in [0.15, 0.2) is 54.6 Å². The van der Waals surface area contributed by atoms with Crippen LogP contribution in [0.25, 0.3) is 0 Å². The summed E-state index contributed by atoms with van der Waals surface area (Å²) in [6.07, 6.45) is 0. The van der Waals surface area contributed by atoms with Gasteiger partial charge < -0.3 is 0 Å². The van der Waals surface area contributed by atoms with Crippen LogP contribution in [-0.4, -0.2) is 4.92 Å². The van der Waals surface area contributed by atoms with E-state index in [0.29, 0.717) is 0 Å². The maximum atomic E-state index is 10.5. The topological polar surface area (TPSA) is 43.1 Å². The first-order valence-electron chi connectivity index (χ1n) is 5.53. The van der Waals surface area contributed by atoms with E-state index in [9.17, 15) is 10.1 Å². The van der Waals surface area contributed by atoms with Crippen LogP contribution in [0.5, 0.6) is 0 Å². The molecule has 0 N–H and O–H groups in total. The summed E-state index contributed by atoms with van der Waals surface area (Å²) in [5.41, 5.74) is 1.56. The van der Waals surface area contributed by atoms with Gasteiger partial charge in [0.2, 0.25) is 0 Å². The molecule has 0 aliphatic rings. The molecule has 0 fully saturated rings. The van der Waals surface area contributed by atoms with Crippen LogP contribution in [0.4, 0.5) is 5.69 Å². The fraction of sp³-hybridized carbons (Fsp3) is 0.0769. The maximum absolute atomic E-state index is 10.5. The van der Waals surface area contributed by atoms with Crippen molar-refractivity contribution >= 4 is 8.76 Å². The second-order valence-electron chi connectivity index (χ2n) is 3.91. The summed E-state index contributed by atoms with van der Waals surface area (Å²) in [4.78, 5) is 10.2. The molecule has 0 unspecified atom stereocenters. The van der Waals surface area contributed by atoms with E-state index in [0.717, 1.165) is 0 Å². The summed E-state index contributed by atoms with van der Waals surface area (Å²) in [5, 5.41) is 10.5. The van der Waals surface area contributed by atoms with Gasteiger partial charge in [-0.05, 0) is 0 Å². The second kappa shape index (κ2) is 5.91. The Bertz CT molecular complexity index is 497. The molecule has 4 heteroatoms. The number of non-ortho nitro benzene ring substituents is 1. The molecular weight excluding hydrogens is 403 g/mol. The molecule has 0 aliphatic heterocycles. The van der Waals surface area contributed by atoms with Gasteiger partial charge in [-0.25, -0.2) is 0 Å². The van der Waals surface area contributed by atoms with E-state index >= 15 is 0 Å². The Morgan fingerprint density at radius 3 is 2.24 bits per heavy atom. The Labute approximate surface area is 112 Å². The first-order valence-corrected chi connectivity index (χ1v) is 12.2. The third-order valence-electron chi connectivity index (χ3n) is 2.69. The van der Waals surface area contributed by atoms with Gasteiger partial charge in [-0.3, -0.25) is 0 Å². The molecule has 0 radical (unpaired) electrons. The number of nitro groups is 1. The molecule has 0 atom stereocenters. The average Bonchev–Trinajstić information content (AvgIpc) is 2.38. The molecule has 0 amide bonds. The summed E-state index contributed by atoms with van der Waals surface area (Å²) in [5.74, 6) is 0. The van der Waals surface area contributed by atoms with E-state index in [1.807, 2.05) is 18.2 Å². The molecule has 3 nitrogen and oxygen atoms in total. The van der Waals surface area contributed by atoms with Crippen molar-refractivity contribution in [3.8, 4) is 0 Å². The molecule has 0 aliphatic carbocycles. The van der Waals surface area contributed by atoms with Gasteiger partial charge in [-0.2, -0.15) is 0 Å². The molecule has 0 bridgehead atoms. The minimum absolute atomic E-state index is 0.182. The van der Waals surface area contributed by atoms with Gasteiger partial charge in [0.05, 0.1) is 0 Å². The number of hydrogen-bond donors (Lipinski definition) is 0. The fourth-order valence-electron chi connectivity index (χ4n) is 1.72. The third kappa shape index (κ3) is 3.63. The molecule has 17 heavy (non-hydrogen) atoms. The third-order valence-corrected chi connectivity index (χ3v) is 9.99. The van der Waals surface area contributed by atoms with Crippen LogP contribution in [0.2, 0.25) is 0 Å². The van der Waals surface area contributed by atoms with Gasteiger partial charge >= 0.3 is 112 Å². The summed E-state index contributed by atoms with van der Waals surface area (Å²) in [7, 11) is 0. The van der Waals surface area contributed by atoms with Crippen molar-refractivity contribution in [2.45, 2.75) is 3.93 Å². The van der Waals surface area contributed by atoms with E-state index < -0.39 is 24.6 Å². The predicted octanol–water partition coefficient (Wildman–Crippen LogP) is 2.50. The van der Waals surface area contributed by atoms with E-state index in [4.69, 9.17) is 0 Å². The fourth-order valence-corrected chi connectivity index (χ4v) is 7.47. The summed E-state index contributed by atoms with van der Waals surface area (Å²) >= 11 is -1.14. The van der Waals surface area contributed by atoms with E-state index in [-0.39, 0.29) is 10.6 Å². The second-order valence-corrected chi connectivity index (χ2v) is 11.0. The summed E-state index contributed by atoms with van der Waals surface area (Å²) in [6, 6.07) is 17.5. The minimum atomic E-state index is -1.14. The van der Waals surface area contributed by atoms with E-state index in [1.165, 1.54) is 12.6 Å². The molecule has 0 saturated heterocycles. The Morgan fingerprint density at radius 2 is 1.65 bits per heavy atom.